The van der Waals surface area contributed by atoms with Gasteiger partial charge in [0.25, 0.3) is 0 Å². The molecule has 2 aromatic carbocycles. The Labute approximate surface area is 118 Å². The minimum atomic E-state index is -1.20. The van der Waals surface area contributed by atoms with Crippen molar-refractivity contribution in [1.29, 1.82) is 5.26 Å². The van der Waals surface area contributed by atoms with Crippen molar-refractivity contribution in [2.75, 3.05) is 5.32 Å². The summed E-state index contributed by atoms with van der Waals surface area (Å²) in [5, 5.41) is 11.9. The summed E-state index contributed by atoms with van der Waals surface area (Å²) in [5.74, 6) is -2.35. The molecule has 1 N–H and O–H groups in total. The predicted molar refractivity (Wildman–Crippen MR) is 70.8 cm³/mol. The molecule has 2 nitrogen and oxygen atoms in total. The van der Waals surface area contributed by atoms with Crippen molar-refractivity contribution < 1.29 is 8.78 Å². The van der Waals surface area contributed by atoms with Gasteiger partial charge in [0, 0.05) is 5.02 Å². The van der Waals surface area contributed by atoms with Crippen molar-refractivity contribution in [3.05, 3.63) is 57.6 Å². The van der Waals surface area contributed by atoms with Gasteiger partial charge in [-0.25, -0.2) is 8.78 Å². The SMILES string of the molecule is N#Cc1ccc(Nc2cc(Cl)ccc2Cl)c(F)c1F. The third-order valence-electron chi connectivity index (χ3n) is 2.40. The van der Waals surface area contributed by atoms with E-state index < -0.39 is 11.6 Å². The van der Waals surface area contributed by atoms with Crippen LogP contribution in [-0.2, 0) is 0 Å². The average Bonchev–Trinajstić information content (AvgIpc) is 2.39. The molecule has 0 aliphatic carbocycles. The summed E-state index contributed by atoms with van der Waals surface area (Å²) < 4.78 is 27.2. The van der Waals surface area contributed by atoms with Crippen molar-refractivity contribution in [3.8, 4) is 6.07 Å². The zero-order valence-electron chi connectivity index (χ0n) is 9.35. The maximum atomic E-state index is 13.7. The third-order valence-corrected chi connectivity index (χ3v) is 2.97. The van der Waals surface area contributed by atoms with Gasteiger partial charge in [-0.3, -0.25) is 0 Å². The minimum absolute atomic E-state index is 0.124. The van der Waals surface area contributed by atoms with E-state index in [1.54, 1.807) is 12.1 Å². The minimum Gasteiger partial charge on any atom is -0.352 e. The van der Waals surface area contributed by atoms with E-state index in [0.717, 1.165) is 0 Å². The Morgan fingerprint density at radius 1 is 1.00 bits per heavy atom. The highest BCUT2D eigenvalue weighted by Gasteiger charge is 2.14. The maximum absolute atomic E-state index is 13.7. The standard InChI is InChI=1S/C13H6Cl2F2N2/c14-8-2-3-9(15)11(5-8)19-10-4-1-7(6-18)12(16)13(10)17/h1-5,19H. The Hall–Kier alpha value is -1.83. The molecule has 6 heteroatoms. The molecule has 0 aliphatic heterocycles. The number of nitriles is 1. The second kappa shape index (κ2) is 5.43. The third kappa shape index (κ3) is 2.78. The first-order valence-electron chi connectivity index (χ1n) is 5.13. The van der Waals surface area contributed by atoms with E-state index in [9.17, 15) is 8.78 Å². The van der Waals surface area contributed by atoms with Gasteiger partial charge in [-0.05, 0) is 30.3 Å². The Kier molecular flexibility index (Phi) is 3.89. The topological polar surface area (TPSA) is 35.8 Å². The predicted octanol–water partition coefficient (Wildman–Crippen LogP) is 4.89. The molecule has 0 spiro atoms. The first kappa shape index (κ1) is 13.6. The molecule has 2 rings (SSSR count). The fraction of sp³-hybridized carbons (Fsp3) is 0. The number of hydrogen-bond donors (Lipinski definition) is 1. The van der Waals surface area contributed by atoms with E-state index in [0.29, 0.717) is 15.7 Å². The fourth-order valence-electron chi connectivity index (χ4n) is 1.47. The molecule has 0 atom stereocenters. The molecule has 0 unspecified atom stereocenters. The summed E-state index contributed by atoms with van der Waals surface area (Å²) in [7, 11) is 0. The van der Waals surface area contributed by atoms with E-state index in [4.69, 9.17) is 28.5 Å². The molecule has 0 bridgehead atoms. The second-order valence-corrected chi connectivity index (χ2v) is 4.49. The molecule has 0 aromatic heterocycles. The molecule has 0 amide bonds. The number of benzene rings is 2. The summed E-state index contributed by atoms with van der Waals surface area (Å²) >= 11 is 11.7. The van der Waals surface area contributed by atoms with Crippen LogP contribution < -0.4 is 5.32 Å². The fourth-order valence-corrected chi connectivity index (χ4v) is 1.81. The molecule has 0 heterocycles. The zero-order chi connectivity index (χ0) is 14.0. The largest absolute Gasteiger partial charge is 0.352 e. The van der Waals surface area contributed by atoms with E-state index in [2.05, 4.69) is 5.32 Å². The smallest absolute Gasteiger partial charge is 0.183 e. The summed E-state index contributed by atoms with van der Waals surface area (Å²) in [6.07, 6.45) is 0. The van der Waals surface area contributed by atoms with Crippen LogP contribution in [0.3, 0.4) is 0 Å². The lowest BCUT2D eigenvalue weighted by Crippen LogP contribution is -1.99. The summed E-state index contributed by atoms with van der Waals surface area (Å²) in [6, 6.07) is 8.59. The van der Waals surface area contributed by atoms with Crippen LogP contribution in [0.2, 0.25) is 10.0 Å². The number of halogens is 4. The Morgan fingerprint density at radius 2 is 1.74 bits per heavy atom. The average molecular weight is 299 g/mol. The lowest BCUT2D eigenvalue weighted by Gasteiger charge is -2.10. The van der Waals surface area contributed by atoms with Gasteiger partial charge in [0.1, 0.15) is 6.07 Å². The van der Waals surface area contributed by atoms with Crippen molar-refractivity contribution in [2.45, 2.75) is 0 Å². The van der Waals surface area contributed by atoms with Crippen LogP contribution in [0.25, 0.3) is 0 Å². The Bertz CT molecular complexity index is 681. The van der Waals surface area contributed by atoms with Crippen LogP contribution in [0.15, 0.2) is 30.3 Å². The van der Waals surface area contributed by atoms with E-state index >= 15 is 0 Å². The van der Waals surface area contributed by atoms with Crippen LogP contribution in [0.1, 0.15) is 5.56 Å². The molecule has 0 fully saturated rings. The van der Waals surface area contributed by atoms with Gasteiger partial charge in [-0.15, -0.1) is 0 Å². The monoisotopic (exact) mass is 298 g/mol. The second-order valence-electron chi connectivity index (χ2n) is 3.65. The van der Waals surface area contributed by atoms with Gasteiger partial charge in [0.05, 0.1) is 22.0 Å². The van der Waals surface area contributed by atoms with Gasteiger partial charge >= 0.3 is 0 Å². The Morgan fingerprint density at radius 3 is 2.42 bits per heavy atom. The molecule has 19 heavy (non-hydrogen) atoms. The maximum Gasteiger partial charge on any atom is 0.183 e. The van der Waals surface area contributed by atoms with Crippen molar-refractivity contribution in [1.82, 2.24) is 0 Å². The molecular weight excluding hydrogens is 293 g/mol. The van der Waals surface area contributed by atoms with Gasteiger partial charge in [-0.2, -0.15) is 5.26 Å². The highest BCUT2D eigenvalue weighted by atomic mass is 35.5. The first-order chi connectivity index (χ1) is 9.02. The van der Waals surface area contributed by atoms with Gasteiger partial charge in [-0.1, -0.05) is 23.2 Å². The number of anilines is 2. The molecule has 96 valence electrons. The van der Waals surface area contributed by atoms with Crippen LogP contribution in [0, 0.1) is 23.0 Å². The van der Waals surface area contributed by atoms with Crippen LogP contribution >= 0.6 is 23.2 Å². The molecular formula is C13H6Cl2F2N2. The Balaban J connectivity index is 2.42. The van der Waals surface area contributed by atoms with Crippen LogP contribution in [0.4, 0.5) is 20.2 Å². The highest BCUT2D eigenvalue weighted by Crippen LogP contribution is 2.30. The van der Waals surface area contributed by atoms with Crippen molar-refractivity contribution in [2.24, 2.45) is 0 Å². The number of nitrogens with zero attached hydrogens (tertiary/aromatic N) is 1. The van der Waals surface area contributed by atoms with Gasteiger partial charge < -0.3 is 5.32 Å². The van der Waals surface area contributed by atoms with Crippen molar-refractivity contribution >= 4 is 34.6 Å². The lowest BCUT2D eigenvalue weighted by atomic mass is 10.2. The summed E-state index contributed by atoms with van der Waals surface area (Å²) in [6.45, 7) is 0. The van der Waals surface area contributed by atoms with Gasteiger partial charge in [0.2, 0.25) is 0 Å². The van der Waals surface area contributed by atoms with Gasteiger partial charge in [0.15, 0.2) is 11.6 Å². The van der Waals surface area contributed by atoms with E-state index in [1.165, 1.54) is 24.3 Å². The summed E-state index contributed by atoms with van der Waals surface area (Å²) in [4.78, 5) is 0. The molecule has 0 saturated carbocycles. The quantitative estimate of drug-likeness (QED) is 0.857. The number of rotatable bonds is 2. The number of hydrogen-bond acceptors (Lipinski definition) is 2. The molecule has 0 saturated heterocycles. The van der Waals surface area contributed by atoms with E-state index in [-0.39, 0.29) is 11.3 Å². The van der Waals surface area contributed by atoms with Crippen molar-refractivity contribution in [3.63, 3.8) is 0 Å². The summed E-state index contributed by atoms with van der Waals surface area (Å²) in [5.41, 5.74) is -0.141. The van der Waals surface area contributed by atoms with E-state index in [1.807, 2.05) is 0 Å². The first-order valence-corrected chi connectivity index (χ1v) is 5.88. The van der Waals surface area contributed by atoms with Crippen LogP contribution in [0.5, 0.6) is 0 Å². The zero-order valence-corrected chi connectivity index (χ0v) is 10.9. The number of nitrogens with one attached hydrogen (secondary N) is 1. The molecule has 0 radical (unpaired) electrons. The molecule has 2 aromatic rings. The normalized spacial score (nSPS) is 10.1. The highest BCUT2D eigenvalue weighted by molar-refractivity contribution is 6.35. The molecule has 0 aliphatic rings. The lowest BCUT2D eigenvalue weighted by molar-refractivity contribution is 0.509. The van der Waals surface area contributed by atoms with Crippen LogP contribution in [-0.4, -0.2) is 0 Å².